The smallest absolute Gasteiger partial charge is 0.0962 e. The first kappa shape index (κ1) is 15.4. The molecule has 0 amide bonds. The molecule has 0 saturated heterocycles. The Hall–Kier alpha value is 0.360. The number of rotatable bonds is 7. The van der Waals surface area contributed by atoms with Crippen LogP contribution < -0.4 is 0 Å². The van der Waals surface area contributed by atoms with E-state index in [1.165, 1.54) is 0 Å². The Morgan fingerprint density at radius 1 is 1.12 bits per heavy atom. The van der Waals surface area contributed by atoms with Crippen LogP contribution in [0.15, 0.2) is 0 Å². The van der Waals surface area contributed by atoms with E-state index in [0.29, 0.717) is 18.0 Å². The lowest BCUT2D eigenvalue weighted by Gasteiger charge is -2.41. The van der Waals surface area contributed by atoms with Crippen LogP contribution in [0.2, 0.25) is 0 Å². The molecule has 0 N–H and O–H groups in total. The maximum absolute atomic E-state index is 5.77. The first-order valence-corrected chi connectivity index (χ1v) is 7.37. The van der Waals surface area contributed by atoms with Gasteiger partial charge in [-0.2, -0.15) is 0 Å². The second-order valence-electron chi connectivity index (χ2n) is 5.46. The minimum absolute atomic E-state index is 0.0843. The summed E-state index contributed by atoms with van der Waals surface area (Å²) >= 11 is 3.60. The van der Waals surface area contributed by atoms with Crippen molar-refractivity contribution in [3.8, 4) is 0 Å². The number of alkyl halides is 1. The van der Waals surface area contributed by atoms with E-state index in [1.807, 2.05) is 0 Å². The molecule has 17 heavy (non-hydrogen) atoms. The highest BCUT2D eigenvalue weighted by atomic mass is 79.9. The zero-order valence-corrected chi connectivity index (χ0v) is 13.0. The average Bonchev–Trinajstić information content (AvgIpc) is 2.21. The first-order valence-electron chi connectivity index (χ1n) is 6.45. The Kier molecular flexibility index (Phi) is 6.41. The van der Waals surface area contributed by atoms with Crippen LogP contribution in [0.3, 0.4) is 0 Å². The molecule has 0 aromatic heterocycles. The number of hydrogen-bond donors (Lipinski definition) is 0. The summed E-state index contributed by atoms with van der Waals surface area (Å²) in [4.78, 5) is 0.447. The maximum Gasteiger partial charge on any atom is 0.0962 e. The molecule has 0 heterocycles. The highest BCUT2D eigenvalue weighted by Crippen LogP contribution is 2.33. The maximum atomic E-state index is 5.77. The summed E-state index contributed by atoms with van der Waals surface area (Å²) in [5.41, 5.74) is -0.0843. The van der Waals surface area contributed by atoms with Crippen molar-refractivity contribution in [2.75, 3.05) is 19.8 Å². The lowest BCUT2D eigenvalue weighted by atomic mass is 9.91. The van der Waals surface area contributed by atoms with Gasteiger partial charge in [-0.05, 0) is 33.6 Å². The molecule has 4 heteroatoms. The van der Waals surface area contributed by atoms with Crippen LogP contribution >= 0.6 is 15.9 Å². The van der Waals surface area contributed by atoms with E-state index in [2.05, 4.69) is 43.6 Å². The molecular weight excluding hydrogens is 284 g/mol. The van der Waals surface area contributed by atoms with E-state index in [-0.39, 0.29) is 17.8 Å². The van der Waals surface area contributed by atoms with Gasteiger partial charge in [-0.1, -0.05) is 22.9 Å². The van der Waals surface area contributed by atoms with Gasteiger partial charge in [0, 0.05) is 11.4 Å². The highest BCUT2D eigenvalue weighted by molar-refractivity contribution is 9.09. The molecule has 102 valence electrons. The molecule has 0 radical (unpaired) electrons. The van der Waals surface area contributed by atoms with Gasteiger partial charge < -0.3 is 14.2 Å². The quantitative estimate of drug-likeness (QED) is 0.534. The van der Waals surface area contributed by atoms with Gasteiger partial charge in [0.1, 0.15) is 0 Å². The molecule has 1 rings (SSSR count). The summed E-state index contributed by atoms with van der Waals surface area (Å²) in [7, 11) is 0. The summed E-state index contributed by atoms with van der Waals surface area (Å²) in [6.45, 7) is 10.4. The molecule has 1 saturated carbocycles. The van der Waals surface area contributed by atoms with E-state index in [9.17, 15) is 0 Å². The monoisotopic (exact) mass is 308 g/mol. The normalized spacial score (nSPS) is 29.1. The molecule has 3 nitrogen and oxygen atoms in total. The predicted molar refractivity (Wildman–Crippen MR) is 72.8 cm³/mol. The molecule has 0 bridgehead atoms. The molecule has 3 atom stereocenters. The molecule has 3 unspecified atom stereocenters. The van der Waals surface area contributed by atoms with E-state index < -0.39 is 0 Å². The number of halogens is 1. The summed E-state index contributed by atoms with van der Waals surface area (Å²) in [6, 6.07) is 0. The Morgan fingerprint density at radius 3 is 2.35 bits per heavy atom. The van der Waals surface area contributed by atoms with Crippen molar-refractivity contribution >= 4 is 15.9 Å². The van der Waals surface area contributed by atoms with E-state index in [1.54, 1.807) is 0 Å². The summed E-state index contributed by atoms with van der Waals surface area (Å²) in [6.07, 6.45) is 2.53. The lowest BCUT2D eigenvalue weighted by molar-refractivity contribution is -0.136. The number of ether oxygens (including phenoxy) is 3. The van der Waals surface area contributed by atoms with E-state index in [0.717, 1.165) is 19.4 Å². The van der Waals surface area contributed by atoms with Crippen molar-refractivity contribution in [2.45, 2.75) is 63.2 Å². The fourth-order valence-corrected chi connectivity index (χ4v) is 2.56. The molecule has 0 aromatic rings. The highest BCUT2D eigenvalue weighted by Gasteiger charge is 2.41. The molecule has 1 fully saturated rings. The number of hydrogen-bond acceptors (Lipinski definition) is 3. The van der Waals surface area contributed by atoms with Gasteiger partial charge in [0.2, 0.25) is 0 Å². The molecule has 0 spiro atoms. The van der Waals surface area contributed by atoms with Gasteiger partial charge in [-0.15, -0.1) is 0 Å². The van der Waals surface area contributed by atoms with Gasteiger partial charge >= 0.3 is 0 Å². The zero-order valence-electron chi connectivity index (χ0n) is 11.4. The largest absolute Gasteiger partial charge is 0.374 e. The van der Waals surface area contributed by atoms with Crippen molar-refractivity contribution in [3.63, 3.8) is 0 Å². The van der Waals surface area contributed by atoms with Gasteiger partial charge in [-0.3, -0.25) is 0 Å². The second kappa shape index (κ2) is 7.07. The third-order valence-electron chi connectivity index (χ3n) is 2.65. The minimum atomic E-state index is -0.0843. The van der Waals surface area contributed by atoms with Crippen LogP contribution in [0.1, 0.15) is 40.5 Å². The summed E-state index contributed by atoms with van der Waals surface area (Å²) in [5, 5.41) is 0. The van der Waals surface area contributed by atoms with Gasteiger partial charge in [0.25, 0.3) is 0 Å². The molecule has 0 aliphatic heterocycles. The SMILES string of the molecule is CCCOC1C(Br)CC1OCCOC(C)(C)C. The zero-order chi connectivity index (χ0) is 12.9. The first-order chi connectivity index (χ1) is 7.94. The summed E-state index contributed by atoms with van der Waals surface area (Å²) in [5.74, 6) is 0. The molecule has 1 aliphatic carbocycles. The molecular formula is C13H25BrO3. The van der Waals surface area contributed by atoms with E-state index >= 15 is 0 Å². The topological polar surface area (TPSA) is 27.7 Å². The van der Waals surface area contributed by atoms with Gasteiger partial charge in [-0.25, -0.2) is 0 Å². The van der Waals surface area contributed by atoms with E-state index in [4.69, 9.17) is 14.2 Å². The Labute approximate surface area is 113 Å². The van der Waals surface area contributed by atoms with Crippen molar-refractivity contribution in [2.24, 2.45) is 0 Å². The molecule has 1 aliphatic rings. The van der Waals surface area contributed by atoms with Crippen molar-refractivity contribution < 1.29 is 14.2 Å². The standard InChI is InChI=1S/C13H25BrO3/c1-5-6-16-12-10(14)9-11(12)15-7-8-17-13(2,3)4/h10-12H,5-9H2,1-4H3. The van der Waals surface area contributed by atoms with Crippen LogP contribution in [0.5, 0.6) is 0 Å². The van der Waals surface area contributed by atoms with Crippen molar-refractivity contribution in [1.29, 1.82) is 0 Å². The van der Waals surface area contributed by atoms with Gasteiger partial charge in [0.15, 0.2) is 0 Å². The predicted octanol–water partition coefficient (Wildman–Crippen LogP) is 3.15. The van der Waals surface area contributed by atoms with Crippen molar-refractivity contribution in [1.82, 2.24) is 0 Å². The van der Waals surface area contributed by atoms with Crippen LogP contribution in [0, 0.1) is 0 Å². The third kappa shape index (κ3) is 5.69. The Bertz CT molecular complexity index is 215. The lowest BCUT2D eigenvalue weighted by Crippen LogP contribution is -2.51. The molecule has 0 aromatic carbocycles. The third-order valence-corrected chi connectivity index (χ3v) is 3.54. The van der Waals surface area contributed by atoms with Crippen molar-refractivity contribution in [3.05, 3.63) is 0 Å². The fourth-order valence-electron chi connectivity index (χ4n) is 1.70. The fraction of sp³-hybridized carbons (Fsp3) is 1.00. The van der Waals surface area contributed by atoms with Crippen LogP contribution in [0.4, 0.5) is 0 Å². The Balaban J connectivity index is 2.11. The van der Waals surface area contributed by atoms with Crippen LogP contribution in [-0.2, 0) is 14.2 Å². The van der Waals surface area contributed by atoms with Gasteiger partial charge in [0.05, 0.1) is 31.0 Å². The summed E-state index contributed by atoms with van der Waals surface area (Å²) < 4.78 is 17.1. The second-order valence-corrected chi connectivity index (χ2v) is 6.63. The van der Waals surface area contributed by atoms with Crippen LogP contribution in [-0.4, -0.2) is 42.5 Å². The minimum Gasteiger partial charge on any atom is -0.374 e. The average molecular weight is 309 g/mol. The Morgan fingerprint density at radius 2 is 1.82 bits per heavy atom. The van der Waals surface area contributed by atoms with Crippen LogP contribution in [0.25, 0.3) is 0 Å².